The number of carbonyl (C=O) groups is 1. The van der Waals surface area contributed by atoms with E-state index in [0.717, 1.165) is 31.7 Å². The Hall–Kier alpha value is -2.17. The van der Waals surface area contributed by atoms with Crippen molar-refractivity contribution in [1.29, 1.82) is 0 Å². The lowest BCUT2D eigenvalue weighted by molar-refractivity contribution is -0.119. The largest absolute Gasteiger partial charge is 0.377 e. The summed E-state index contributed by atoms with van der Waals surface area (Å²) in [6.07, 6.45) is 1.27. The molecule has 0 aliphatic carbocycles. The van der Waals surface area contributed by atoms with Crippen molar-refractivity contribution in [1.82, 2.24) is 4.90 Å². The molecule has 4 heteroatoms. The molecule has 0 saturated heterocycles. The number of anilines is 1. The normalized spacial score (nSPS) is 14.8. The molecule has 1 heterocycles. The average molecular weight is 338 g/mol. The fourth-order valence-electron chi connectivity index (χ4n) is 3.15. The fraction of sp³-hybridized carbons (Fsp3) is 0.381. The molecule has 1 amide bonds. The van der Waals surface area contributed by atoms with Gasteiger partial charge in [0.25, 0.3) is 0 Å². The number of ether oxygens (including phenoxy) is 1. The van der Waals surface area contributed by atoms with Gasteiger partial charge in [-0.15, -0.1) is 0 Å². The highest BCUT2D eigenvalue weighted by Gasteiger charge is 2.22. The second-order valence-corrected chi connectivity index (χ2v) is 6.55. The molecular weight excluding hydrogens is 312 g/mol. The molecule has 0 aromatic heterocycles. The smallest absolute Gasteiger partial charge is 0.227 e. The standard InChI is InChI=1S/C21H26N2O2/c1-22-13-14-23(20-11-6-5-10-19(20)16-22)21(24)12-7-15-25-17-18-8-3-2-4-9-18/h2-6,8-11H,7,12-17H2,1H3. The molecule has 25 heavy (non-hydrogen) atoms. The zero-order valence-corrected chi connectivity index (χ0v) is 14.9. The van der Waals surface area contributed by atoms with Gasteiger partial charge in [0.15, 0.2) is 0 Å². The number of carbonyl (C=O) groups excluding carboxylic acids is 1. The molecule has 0 bridgehead atoms. The van der Waals surface area contributed by atoms with Crippen molar-refractivity contribution < 1.29 is 9.53 Å². The van der Waals surface area contributed by atoms with E-state index in [1.54, 1.807) is 0 Å². The first-order valence-electron chi connectivity index (χ1n) is 8.92. The summed E-state index contributed by atoms with van der Waals surface area (Å²) >= 11 is 0. The van der Waals surface area contributed by atoms with Gasteiger partial charge in [-0.3, -0.25) is 4.79 Å². The van der Waals surface area contributed by atoms with Gasteiger partial charge in [0.1, 0.15) is 0 Å². The van der Waals surface area contributed by atoms with E-state index in [4.69, 9.17) is 4.74 Å². The minimum Gasteiger partial charge on any atom is -0.377 e. The minimum absolute atomic E-state index is 0.186. The van der Waals surface area contributed by atoms with Gasteiger partial charge in [-0.25, -0.2) is 0 Å². The molecule has 0 fully saturated rings. The lowest BCUT2D eigenvalue weighted by Gasteiger charge is -2.22. The van der Waals surface area contributed by atoms with E-state index in [1.807, 2.05) is 35.2 Å². The van der Waals surface area contributed by atoms with E-state index in [-0.39, 0.29) is 5.91 Å². The van der Waals surface area contributed by atoms with Crippen LogP contribution >= 0.6 is 0 Å². The number of benzene rings is 2. The Bertz CT molecular complexity index is 687. The van der Waals surface area contributed by atoms with Gasteiger partial charge in [0.2, 0.25) is 5.91 Å². The fourth-order valence-corrected chi connectivity index (χ4v) is 3.15. The maximum Gasteiger partial charge on any atom is 0.227 e. The number of amides is 1. The highest BCUT2D eigenvalue weighted by atomic mass is 16.5. The second kappa shape index (κ2) is 8.79. The monoisotopic (exact) mass is 338 g/mol. The Labute approximate surface area is 150 Å². The van der Waals surface area contributed by atoms with Crippen LogP contribution in [0.25, 0.3) is 0 Å². The third-order valence-electron chi connectivity index (χ3n) is 4.52. The summed E-state index contributed by atoms with van der Waals surface area (Å²) < 4.78 is 5.69. The van der Waals surface area contributed by atoms with Crippen LogP contribution in [0.2, 0.25) is 0 Å². The maximum absolute atomic E-state index is 12.7. The topological polar surface area (TPSA) is 32.8 Å². The van der Waals surface area contributed by atoms with Crippen molar-refractivity contribution in [2.24, 2.45) is 0 Å². The number of nitrogens with zero attached hydrogens (tertiary/aromatic N) is 2. The predicted octanol–water partition coefficient (Wildman–Crippen LogP) is 3.46. The van der Waals surface area contributed by atoms with Gasteiger partial charge in [0, 0.05) is 38.3 Å². The molecule has 0 atom stereocenters. The van der Waals surface area contributed by atoms with E-state index in [9.17, 15) is 4.79 Å². The van der Waals surface area contributed by atoms with Crippen LogP contribution in [0, 0.1) is 0 Å². The molecule has 4 nitrogen and oxygen atoms in total. The van der Waals surface area contributed by atoms with Crippen molar-refractivity contribution in [3.63, 3.8) is 0 Å². The third-order valence-corrected chi connectivity index (χ3v) is 4.52. The van der Waals surface area contributed by atoms with E-state index < -0.39 is 0 Å². The second-order valence-electron chi connectivity index (χ2n) is 6.55. The molecule has 2 aromatic carbocycles. The summed E-state index contributed by atoms with van der Waals surface area (Å²) in [5, 5.41) is 0. The molecule has 2 aromatic rings. The van der Waals surface area contributed by atoms with Crippen molar-refractivity contribution in [3.05, 3.63) is 65.7 Å². The highest BCUT2D eigenvalue weighted by Crippen LogP contribution is 2.25. The summed E-state index contributed by atoms with van der Waals surface area (Å²) in [6, 6.07) is 18.3. The van der Waals surface area contributed by atoms with E-state index in [2.05, 4.69) is 36.2 Å². The molecule has 0 saturated carbocycles. The first kappa shape index (κ1) is 17.6. The van der Waals surface area contributed by atoms with Crippen LogP contribution in [0.5, 0.6) is 0 Å². The van der Waals surface area contributed by atoms with Crippen LogP contribution in [0.1, 0.15) is 24.0 Å². The lowest BCUT2D eigenvalue weighted by Crippen LogP contribution is -2.35. The summed E-state index contributed by atoms with van der Waals surface area (Å²) in [7, 11) is 2.10. The molecule has 132 valence electrons. The van der Waals surface area contributed by atoms with Crippen LogP contribution in [0.15, 0.2) is 54.6 Å². The Morgan fingerprint density at radius 2 is 1.80 bits per heavy atom. The van der Waals surface area contributed by atoms with Crippen LogP contribution in [0.4, 0.5) is 5.69 Å². The number of fused-ring (bicyclic) bond motifs is 1. The molecule has 0 unspecified atom stereocenters. The Morgan fingerprint density at radius 1 is 1.04 bits per heavy atom. The molecule has 1 aliphatic heterocycles. The molecule has 1 aliphatic rings. The highest BCUT2D eigenvalue weighted by molar-refractivity contribution is 5.94. The number of hydrogen-bond donors (Lipinski definition) is 0. The van der Waals surface area contributed by atoms with Gasteiger partial charge in [-0.1, -0.05) is 48.5 Å². The summed E-state index contributed by atoms with van der Waals surface area (Å²) in [5.74, 6) is 0.186. The van der Waals surface area contributed by atoms with Crippen LogP contribution < -0.4 is 4.90 Å². The van der Waals surface area contributed by atoms with Crippen LogP contribution in [-0.2, 0) is 22.7 Å². The van der Waals surface area contributed by atoms with E-state index >= 15 is 0 Å². The lowest BCUT2D eigenvalue weighted by atomic mass is 10.1. The van der Waals surface area contributed by atoms with Gasteiger partial charge in [0.05, 0.1) is 6.61 Å². The number of para-hydroxylation sites is 1. The zero-order chi connectivity index (χ0) is 17.5. The number of likely N-dealkylation sites (N-methyl/N-ethyl adjacent to an activating group) is 1. The van der Waals surface area contributed by atoms with Gasteiger partial charge >= 0.3 is 0 Å². The quantitative estimate of drug-likeness (QED) is 0.756. The summed E-state index contributed by atoms with van der Waals surface area (Å²) in [4.78, 5) is 16.9. The first-order chi connectivity index (χ1) is 12.2. The van der Waals surface area contributed by atoms with Crippen molar-refractivity contribution in [3.8, 4) is 0 Å². The Kier molecular flexibility index (Phi) is 6.20. The number of hydrogen-bond acceptors (Lipinski definition) is 3. The molecule has 0 spiro atoms. The van der Waals surface area contributed by atoms with Crippen LogP contribution in [-0.4, -0.2) is 37.6 Å². The predicted molar refractivity (Wildman–Crippen MR) is 100 cm³/mol. The summed E-state index contributed by atoms with van der Waals surface area (Å²) in [5.41, 5.74) is 3.44. The SMILES string of the molecule is CN1CCN(C(=O)CCCOCc2ccccc2)c2ccccc2C1. The van der Waals surface area contributed by atoms with Crippen molar-refractivity contribution >= 4 is 11.6 Å². The van der Waals surface area contributed by atoms with Crippen molar-refractivity contribution in [2.45, 2.75) is 26.0 Å². The average Bonchev–Trinajstić information content (AvgIpc) is 2.80. The van der Waals surface area contributed by atoms with Gasteiger partial charge < -0.3 is 14.5 Å². The number of rotatable bonds is 6. The Balaban J connectivity index is 1.49. The maximum atomic E-state index is 12.7. The molecular formula is C21H26N2O2. The van der Waals surface area contributed by atoms with Crippen LogP contribution in [0.3, 0.4) is 0 Å². The van der Waals surface area contributed by atoms with Gasteiger partial charge in [-0.2, -0.15) is 0 Å². The first-order valence-corrected chi connectivity index (χ1v) is 8.92. The van der Waals surface area contributed by atoms with E-state index in [1.165, 1.54) is 11.1 Å². The third kappa shape index (κ3) is 4.91. The van der Waals surface area contributed by atoms with Gasteiger partial charge in [-0.05, 0) is 30.7 Å². The molecule has 0 N–H and O–H groups in total. The zero-order valence-electron chi connectivity index (χ0n) is 14.9. The van der Waals surface area contributed by atoms with Crippen molar-refractivity contribution in [2.75, 3.05) is 31.6 Å². The Morgan fingerprint density at radius 3 is 2.64 bits per heavy atom. The van der Waals surface area contributed by atoms with E-state index in [0.29, 0.717) is 19.6 Å². The summed E-state index contributed by atoms with van der Waals surface area (Å²) in [6.45, 7) is 3.74. The minimum atomic E-state index is 0.186. The molecule has 0 radical (unpaired) electrons. The molecule has 3 rings (SSSR count).